The molecule has 0 bridgehead atoms. The Morgan fingerprint density at radius 3 is 2.22 bits per heavy atom. The van der Waals surface area contributed by atoms with Gasteiger partial charge in [0, 0.05) is 6.54 Å². The lowest BCUT2D eigenvalue weighted by Crippen LogP contribution is -2.33. The van der Waals surface area contributed by atoms with Crippen molar-refractivity contribution in [2.24, 2.45) is 0 Å². The van der Waals surface area contributed by atoms with Gasteiger partial charge in [-0.3, -0.25) is 0 Å². The summed E-state index contributed by atoms with van der Waals surface area (Å²) in [6.07, 6.45) is -0.185. The summed E-state index contributed by atoms with van der Waals surface area (Å²) in [5.74, 6) is 0. The van der Waals surface area contributed by atoms with E-state index in [1.54, 1.807) is 0 Å². The van der Waals surface area contributed by atoms with E-state index in [4.69, 9.17) is 0 Å². The summed E-state index contributed by atoms with van der Waals surface area (Å²) in [7, 11) is -3.76. The number of piperidine rings is 1. The first-order valence-corrected chi connectivity index (χ1v) is 9.17. The Hall–Kier alpha value is -1.12. The van der Waals surface area contributed by atoms with Gasteiger partial charge in [-0.2, -0.15) is 13.2 Å². The number of halogens is 3. The summed E-state index contributed by atoms with van der Waals surface area (Å²) in [5.41, 5.74) is -0.860. The zero-order valence-corrected chi connectivity index (χ0v) is 13.6. The molecule has 1 aliphatic rings. The van der Waals surface area contributed by atoms with Crippen LogP contribution in [0.1, 0.15) is 31.2 Å². The predicted molar refractivity (Wildman–Crippen MR) is 81.5 cm³/mol. The third kappa shape index (κ3) is 5.47. The van der Waals surface area contributed by atoms with Crippen molar-refractivity contribution in [1.29, 1.82) is 0 Å². The van der Waals surface area contributed by atoms with Crippen LogP contribution in [-0.2, 0) is 16.2 Å². The average molecular weight is 350 g/mol. The molecule has 0 aliphatic carbocycles. The summed E-state index contributed by atoms with van der Waals surface area (Å²) in [4.78, 5) is 2.15. The van der Waals surface area contributed by atoms with Gasteiger partial charge < -0.3 is 4.90 Å². The largest absolute Gasteiger partial charge is 0.416 e. The van der Waals surface area contributed by atoms with Gasteiger partial charge in [0.05, 0.1) is 10.5 Å². The Morgan fingerprint density at radius 2 is 1.65 bits per heavy atom. The van der Waals surface area contributed by atoms with Crippen molar-refractivity contribution < 1.29 is 21.6 Å². The van der Waals surface area contributed by atoms with E-state index < -0.39 is 21.8 Å². The van der Waals surface area contributed by atoms with E-state index >= 15 is 0 Å². The van der Waals surface area contributed by atoms with E-state index in [1.807, 2.05) is 0 Å². The zero-order chi connectivity index (χ0) is 16.9. The van der Waals surface area contributed by atoms with Crippen LogP contribution < -0.4 is 4.72 Å². The molecule has 1 aromatic carbocycles. The van der Waals surface area contributed by atoms with Crippen LogP contribution in [0.4, 0.5) is 13.2 Å². The number of alkyl halides is 3. The van der Waals surface area contributed by atoms with Crippen LogP contribution in [0.2, 0.25) is 0 Å². The third-order valence-electron chi connectivity index (χ3n) is 3.88. The van der Waals surface area contributed by atoms with E-state index in [-0.39, 0.29) is 11.4 Å². The Bertz CT molecular complexity index is 594. The van der Waals surface area contributed by atoms with Gasteiger partial charge in [0.25, 0.3) is 0 Å². The molecule has 0 aromatic heterocycles. The van der Waals surface area contributed by atoms with Crippen molar-refractivity contribution in [2.75, 3.05) is 26.2 Å². The fourth-order valence-corrected chi connectivity index (χ4v) is 3.67. The molecule has 2 rings (SSSR count). The normalized spacial score (nSPS) is 17.3. The minimum Gasteiger partial charge on any atom is -0.303 e. The van der Waals surface area contributed by atoms with E-state index in [1.165, 1.54) is 19.3 Å². The summed E-state index contributed by atoms with van der Waals surface area (Å²) in [6, 6.07) is 3.52. The smallest absolute Gasteiger partial charge is 0.303 e. The fourth-order valence-electron chi connectivity index (χ4n) is 2.60. The van der Waals surface area contributed by atoms with Crippen molar-refractivity contribution in [3.05, 3.63) is 29.8 Å². The quantitative estimate of drug-likeness (QED) is 0.803. The summed E-state index contributed by atoms with van der Waals surface area (Å²) in [5, 5.41) is 0. The number of sulfonamides is 1. The summed E-state index contributed by atoms with van der Waals surface area (Å²) in [6.45, 7) is 3.20. The Balaban J connectivity index is 1.83. The van der Waals surface area contributed by atoms with Crippen molar-refractivity contribution in [3.8, 4) is 0 Å². The molecule has 1 saturated heterocycles. The van der Waals surface area contributed by atoms with Gasteiger partial charge in [-0.1, -0.05) is 6.42 Å². The molecule has 0 unspecified atom stereocenters. The van der Waals surface area contributed by atoms with Crippen LogP contribution >= 0.6 is 0 Å². The van der Waals surface area contributed by atoms with E-state index in [2.05, 4.69) is 9.62 Å². The second-order valence-corrected chi connectivity index (χ2v) is 7.44. The van der Waals surface area contributed by atoms with E-state index in [9.17, 15) is 21.6 Å². The molecule has 1 aliphatic heterocycles. The maximum atomic E-state index is 12.5. The van der Waals surface area contributed by atoms with Crippen LogP contribution in [0, 0.1) is 0 Å². The SMILES string of the molecule is O=S(=O)(NCCCN1CCCCC1)c1ccc(C(F)(F)F)cc1. The first kappa shape index (κ1) is 18.2. The molecule has 0 saturated carbocycles. The van der Waals surface area contributed by atoms with E-state index in [0.29, 0.717) is 6.42 Å². The highest BCUT2D eigenvalue weighted by molar-refractivity contribution is 7.89. The Kier molecular flexibility index (Phi) is 6.05. The Morgan fingerprint density at radius 1 is 1.04 bits per heavy atom. The molecule has 4 nitrogen and oxygen atoms in total. The lowest BCUT2D eigenvalue weighted by Gasteiger charge is -2.26. The lowest BCUT2D eigenvalue weighted by molar-refractivity contribution is -0.137. The molecule has 130 valence electrons. The van der Waals surface area contributed by atoms with Crippen LogP contribution in [0.3, 0.4) is 0 Å². The van der Waals surface area contributed by atoms with Gasteiger partial charge in [-0.15, -0.1) is 0 Å². The van der Waals surface area contributed by atoms with Crippen molar-refractivity contribution >= 4 is 10.0 Å². The predicted octanol–water partition coefficient (Wildman–Crippen LogP) is 2.86. The number of nitrogens with zero attached hydrogens (tertiary/aromatic N) is 1. The average Bonchev–Trinajstić information content (AvgIpc) is 2.52. The molecule has 23 heavy (non-hydrogen) atoms. The fraction of sp³-hybridized carbons (Fsp3) is 0.600. The summed E-state index contributed by atoms with van der Waals surface area (Å²) >= 11 is 0. The number of nitrogens with one attached hydrogen (secondary N) is 1. The number of hydrogen-bond donors (Lipinski definition) is 1. The molecule has 0 amide bonds. The number of hydrogen-bond acceptors (Lipinski definition) is 3. The van der Waals surface area contributed by atoms with Crippen molar-refractivity contribution in [1.82, 2.24) is 9.62 Å². The van der Waals surface area contributed by atoms with Gasteiger partial charge >= 0.3 is 6.18 Å². The third-order valence-corrected chi connectivity index (χ3v) is 5.36. The number of likely N-dealkylation sites (tertiary alicyclic amines) is 1. The lowest BCUT2D eigenvalue weighted by atomic mass is 10.1. The molecule has 1 aromatic rings. The second kappa shape index (κ2) is 7.63. The molecule has 0 spiro atoms. The maximum absolute atomic E-state index is 12.5. The Labute approximate surface area is 134 Å². The monoisotopic (exact) mass is 350 g/mol. The number of benzene rings is 1. The minimum absolute atomic E-state index is 0.150. The van der Waals surface area contributed by atoms with Crippen LogP contribution in [0.25, 0.3) is 0 Å². The molecule has 1 heterocycles. The first-order valence-electron chi connectivity index (χ1n) is 7.68. The van der Waals surface area contributed by atoms with Crippen LogP contribution in [0.5, 0.6) is 0 Å². The van der Waals surface area contributed by atoms with Gasteiger partial charge in [-0.25, -0.2) is 13.1 Å². The zero-order valence-electron chi connectivity index (χ0n) is 12.8. The van der Waals surface area contributed by atoms with Crippen molar-refractivity contribution in [2.45, 2.75) is 36.8 Å². The highest BCUT2D eigenvalue weighted by atomic mass is 32.2. The number of rotatable bonds is 6. The van der Waals surface area contributed by atoms with Gasteiger partial charge in [0.15, 0.2) is 0 Å². The van der Waals surface area contributed by atoms with Gasteiger partial charge in [-0.05, 0) is 63.2 Å². The molecular weight excluding hydrogens is 329 g/mol. The molecule has 1 fully saturated rings. The van der Waals surface area contributed by atoms with Gasteiger partial charge in [0.2, 0.25) is 10.0 Å². The molecule has 0 atom stereocenters. The highest BCUT2D eigenvalue weighted by Gasteiger charge is 2.30. The highest BCUT2D eigenvalue weighted by Crippen LogP contribution is 2.29. The first-order chi connectivity index (χ1) is 10.8. The molecular formula is C15H21F3N2O2S. The summed E-state index contributed by atoms with van der Waals surface area (Å²) < 4.78 is 63.9. The minimum atomic E-state index is -4.47. The van der Waals surface area contributed by atoms with Crippen LogP contribution in [0.15, 0.2) is 29.2 Å². The molecule has 1 N–H and O–H groups in total. The van der Waals surface area contributed by atoms with E-state index in [0.717, 1.165) is 43.9 Å². The van der Waals surface area contributed by atoms with Crippen LogP contribution in [-0.4, -0.2) is 39.5 Å². The molecule has 0 radical (unpaired) electrons. The van der Waals surface area contributed by atoms with Crippen molar-refractivity contribution in [3.63, 3.8) is 0 Å². The standard InChI is InChI=1S/C15H21F3N2O2S/c16-15(17,18)13-5-7-14(8-6-13)23(21,22)19-9-4-12-20-10-2-1-3-11-20/h5-8,19H,1-4,9-12H2. The molecule has 8 heteroatoms. The topological polar surface area (TPSA) is 49.4 Å². The van der Waals surface area contributed by atoms with Gasteiger partial charge in [0.1, 0.15) is 0 Å². The maximum Gasteiger partial charge on any atom is 0.416 e. The second-order valence-electron chi connectivity index (χ2n) is 5.68.